The molecule has 0 saturated heterocycles. The van der Waals surface area contributed by atoms with Gasteiger partial charge in [-0.1, -0.05) is 220 Å². The summed E-state index contributed by atoms with van der Waals surface area (Å²) in [6.45, 7) is 16.7. The summed E-state index contributed by atoms with van der Waals surface area (Å²) >= 11 is 0. The van der Waals surface area contributed by atoms with Gasteiger partial charge in [0, 0.05) is 6.42 Å². The Hall–Kier alpha value is -1.09. The highest BCUT2D eigenvalue weighted by atomic mass is 16.5. The van der Waals surface area contributed by atoms with Gasteiger partial charge in [0.15, 0.2) is 0 Å². The van der Waals surface area contributed by atoms with Crippen molar-refractivity contribution >= 4 is 5.97 Å². The van der Waals surface area contributed by atoms with Crippen LogP contribution in [0.15, 0.2) is 24.3 Å². The van der Waals surface area contributed by atoms with Crippen LogP contribution in [0.25, 0.3) is 0 Å². The van der Waals surface area contributed by atoms with Crippen LogP contribution in [0.5, 0.6) is 0 Å². The number of carbonyl (C=O) groups excluding carboxylic acids is 1. The average Bonchev–Trinajstić information content (AvgIpc) is 3.18. The van der Waals surface area contributed by atoms with Crippen molar-refractivity contribution in [1.82, 2.24) is 4.90 Å². The maximum atomic E-state index is 12.3. The molecular weight excluding hydrogens is 659 g/mol. The standard InChI is InChI=1S/C47H91NO2.2C2H6/c1-6-9-12-13-14-15-16-17-18-19-20-21-22-23-24-27-32-38-45(40-35-43-48(4)5)39-33-28-25-26-29-34-41-47(49)50-44-42-46(36-30-10-7-2)37-31-11-8-3;2*1-2/h14-15,17-18,45-46H,6-13,16,19-44H2,1-5H3;2*1-2H3/b15-14-,18-17-;;. The Kier molecular flexibility index (Phi) is 55.0. The van der Waals surface area contributed by atoms with Crippen LogP contribution in [0.1, 0.15) is 260 Å². The maximum absolute atomic E-state index is 12.3. The molecular formula is C51H103NO2. The number of unbranched alkanes of at least 4 members (excludes halogenated alkanes) is 19. The van der Waals surface area contributed by atoms with Gasteiger partial charge in [0.1, 0.15) is 0 Å². The summed E-state index contributed by atoms with van der Waals surface area (Å²) in [5.74, 6) is 1.69. The summed E-state index contributed by atoms with van der Waals surface area (Å²) in [5, 5.41) is 0. The summed E-state index contributed by atoms with van der Waals surface area (Å²) < 4.78 is 5.65. The van der Waals surface area contributed by atoms with Crippen LogP contribution in [-0.2, 0) is 9.53 Å². The Balaban J connectivity index is -0.00000627. The Morgan fingerprint density at radius 3 is 1.31 bits per heavy atom. The lowest BCUT2D eigenvalue weighted by atomic mass is 9.90. The first-order valence-corrected chi connectivity index (χ1v) is 24.6. The number of ether oxygens (including phenoxy) is 1. The van der Waals surface area contributed by atoms with Crippen molar-refractivity contribution in [2.45, 2.75) is 260 Å². The minimum atomic E-state index is 0.0336. The van der Waals surface area contributed by atoms with Crippen molar-refractivity contribution in [1.29, 1.82) is 0 Å². The molecule has 0 fully saturated rings. The van der Waals surface area contributed by atoms with E-state index in [4.69, 9.17) is 4.74 Å². The van der Waals surface area contributed by atoms with Crippen LogP contribution < -0.4 is 0 Å². The zero-order chi connectivity index (χ0) is 40.6. The van der Waals surface area contributed by atoms with E-state index in [2.05, 4.69) is 64.1 Å². The van der Waals surface area contributed by atoms with Gasteiger partial charge in [0.05, 0.1) is 6.61 Å². The molecule has 0 aromatic carbocycles. The van der Waals surface area contributed by atoms with E-state index in [1.54, 1.807) is 0 Å². The first kappa shape index (κ1) is 57.2. The van der Waals surface area contributed by atoms with Crippen LogP contribution in [0.2, 0.25) is 0 Å². The molecule has 0 rings (SSSR count). The molecule has 54 heavy (non-hydrogen) atoms. The van der Waals surface area contributed by atoms with Crippen molar-refractivity contribution in [3.63, 3.8) is 0 Å². The topological polar surface area (TPSA) is 29.5 Å². The largest absolute Gasteiger partial charge is 0.466 e. The van der Waals surface area contributed by atoms with E-state index in [0.717, 1.165) is 31.1 Å². The van der Waals surface area contributed by atoms with Gasteiger partial charge < -0.3 is 9.64 Å². The van der Waals surface area contributed by atoms with Gasteiger partial charge in [-0.3, -0.25) is 4.79 Å². The zero-order valence-corrected chi connectivity index (χ0v) is 39.0. The van der Waals surface area contributed by atoms with E-state index >= 15 is 0 Å². The van der Waals surface area contributed by atoms with Gasteiger partial charge in [0.2, 0.25) is 0 Å². The van der Waals surface area contributed by atoms with E-state index in [9.17, 15) is 4.79 Å². The second kappa shape index (κ2) is 51.9. The Bertz CT molecular complexity index is 719. The van der Waals surface area contributed by atoms with Crippen LogP contribution in [0.3, 0.4) is 0 Å². The van der Waals surface area contributed by atoms with Gasteiger partial charge in [-0.05, 0) is 90.3 Å². The number of hydrogen-bond acceptors (Lipinski definition) is 3. The number of hydrogen-bond donors (Lipinski definition) is 0. The lowest BCUT2D eigenvalue weighted by Gasteiger charge is -2.18. The number of esters is 1. The molecule has 0 saturated carbocycles. The lowest BCUT2D eigenvalue weighted by Crippen LogP contribution is -2.14. The zero-order valence-electron chi connectivity index (χ0n) is 39.0. The average molecular weight is 762 g/mol. The Labute approximate surface area is 343 Å². The molecule has 3 nitrogen and oxygen atoms in total. The summed E-state index contributed by atoms with van der Waals surface area (Å²) in [7, 11) is 4.42. The summed E-state index contributed by atoms with van der Waals surface area (Å²) in [6.07, 6.45) is 52.2. The molecule has 0 aromatic heterocycles. The molecule has 0 amide bonds. The molecule has 0 aromatic rings. The first-order valence-electron chi connectivity index (χ1n) is 24.6. The smallest absolute Gasteiger partial charge is 0.305 e. The minimum Gasteiger partial charge on any atom is -0.466 e. The van der Waals surface area contributed by atoms with E-state index in [-0.39, 0.29) is 5.97 Å². The molecule has 0 spiro atoms. The fourth-order valence-corrected chi connectivity index (χ4v) is 7.35. The summed E-state index contributed by atoms with van der Waals surface area (Å²) in [6, 6.07) is 0. The van der Waals surface area contributed by atoms with Crippen LogP contribution >= 0.6 is 0 Å². The maximum Gasteiger partial charge on any atom is 0.305 e. The van der Waals surface area contributed by atoms with Crippen molar-refractivity contribution in [2.24, 2.45) is 11.8 Å². The van der Waals surface area contributed by atoms with Crippen molar-refractivity contribution in [2.75, 3.05) is 27.2 Å². The highest BCUT2D eigenvalue weighted by molar-refractivity contribution is 5.69. The van der Waals surface area contributed by atoms with E-state index < -0.39 is 0 Å². The minimum absolute atomic E-state index is 0.0336. The van der Waals surface area contributed by atoms with Crippen molar-refractivity contribution in [3.8, 4) is 0 Å². The first-order chi connectivity index (χ1) is 26.5. The van der Waals surface area contributed by atoms with E-state index in [1.807, 2.05) is 27.7 Å². The molecule has 0 heterocycles. The van der Waals surface area contributed by atoms with Crippen LogP contribution in [-0.4, -0.2) is 38.1 Å². The molecule has 0 radical (unpaired) electrons. The van der Waals surface area contributed by atoms with Gasteiger partial charge in [0.25, 0.3) is 0 Å². The lowest BCUT2D eigenvalue weighted by molar-refractivity contribution is -0.144. The van der Waals surface area contributed by atoms with E-state index in [1.165, 1.54) is 193 Å². The molecule has 1 atom stereocenters. The molecule has 0 aliphatic rings. The molecule has 0 aliphatic heterocycles. The third kappa shape index (κ3) is 48.9. The molecule has 324 valence electrons. The summed E-state index contributed by atoms with van der Waals surface area (Å²) in [5.41, 5.74) is 0. The van der Waals surface area contributed by atoms with Gasteiger partial charge >= 0.3 is 5.97 Å². The summed E-state index contributed by atoms with van der Waals surface area (Å²) in [4.78, 5) is 14.7. The Morgan fingerprint density at radius 2 is 0.833 bits per heavy atom. The Morgan fingerprint density at radius 1 is 0.463 bits per heavy atom. The molecule has 0 aliphatic carbocycles. The molecule has 0 N–H and O–H groups in total. The van der Waals surface area contributed by atoms with Crippen molar-refractivity contribution in [3.05, 3.63) is 24.3 Å². The van der Waals surface area contributed by atoms with Gasteiger partial charge in [-0.2, -0.15) is 0 Å². The van der Waals surface area contributed by atoms with Crippen LogP contribution in [0, 0.1) is 11.8 Å². The monoisotopic (exact) mass is 762 g/mol. The fraction of sp³-hybridized carbons (Fsp3) is 0.902. The SMILES string of the molecule is CC.CC.CCCCC/C=C\C/C=C\CCCCCCCCCC(CCCCCCCCC(=O)OCCC(CCCCC)CCCCC)CCCN(C)C. The highest BCUT2D eigenvalue weighted by Gasteiger charge is 2.11. The fourth-order valence-electron chi connectivity index (χ4n) is 7.35. The highest BCUT2D eigenvalue weighted by Crippen LogP contribution is 2.24. The number of allylic oxidation sites excluding steroid dienone is 4. The number of nitrogens with zero attached hydrogens (tertiary/aromatic N) is 1. The van der Waals surface area contributed by atoms with Gasteiger partial charge in [-0.25, -0.2) is 0 Å². The second-order valence-electron chi connectivity index (χ2n) is 16.1. The number of carbonyl (C=O) groups is 1. The normalized spacial score (nSPS) is 12.0. The third-order valence-corrected chi connectivity index (χ3v) is 10.7. The molecule has 0 bridgehead atoms. The third-order valence-electron chi connectivity index (χ3n) is 10.7. The van der Waals surface area contributed by atoms with Crippen molar-refractivity contribution < 1.29 is 9.53 Å². The quantitative estimate of drug-likeness (QED) is 0.0354. The van der Waals surface area contributed by atoms with Gasteiger partial charge in [-0.15, -0.1) is 0 Å². The predicted octanol–water partition coefficient (Wildman–Crippen LogP) is 17.4. The number of rotatable bonds is 40. The molecule has 1 unspecified atom stereocenters. The van der Waals surface area contributed by atoms with Crippen LogP contribution in [0.4, 0.5) is 0 Å². The second-order valence-corrected chi connectivity index (χ2v) is 16.1. The van der Waals surface area contributed by atoms with E-state index in [0.29, 0.717) is 13.0 Å². The molecule has 3 heteroatoms. The predicted molar refractivity (Wildman–Crippen MR) is 247 cm³/mol.